The summed E-state index contributed by atoms with van der Waals surface area (Å²) in [7, 11) is 1.93. The van der Waals surface area contributed by atoms with E-state index in [-0.39, 0.29) is 5.60 Å². The normalized spacial score (nSPS) is 28.7. The van der Waals surface area contributed by atoms with Crippen LogP contribution in [0.4, 0.5) is 0 Å². The van der Waals surface area contributed by atoms with E-state index in [4.69, 9.17) is 4.74 Å². The Morgan fingerprint density at radius 3 is 2.17 bits per heavy atom. The third-order valence-electron chi connectivity index (χ3n) is 5.47. The van der Waals surface area contributed by atoms with Crippen LogP contribution in [0, 0.1) is 11.3 Å². The van der Waals surface area contributed by atoms with Gasteiger partial charge in [0.25, 0.3) is 0 Å². The first-order chi connectivity index (χ1) is 8.53. The third-order valence-corrected chi connectivity index (χ3v) is 5.47. The maximum Gasteiger partial charge on any atom is 0.0834 e. The molecular weight excluding hydrogens is 222 g/mol. The number of hydrogen-bond donors (Lipinski definition) is 1. The van der Waals surface area contributed by atoms with Crippen molar-refractivity contribution in [3.05, 3.63) is 0 Å². The van der Waals surface area contributed by atoms with Gasteiger partial charge >= 0.3 is 0 Å². The Labute approximate surface area is 113 Å². The average Bonchev–Trinajstić information content (AvgIpc) is 2.27. The molecule has 0 spiro atoms. The number of nitrogens with one attached hydrogen (secondary N) is 1. The summed E-state index contributed by atoms with van der Waals surface area (Å²) in [4.78, 5) is 0. The zero-order chi connectivity index (χ0) is 13.2. The molecule has 2 saturated carbocycles. The van der Waals surface area contributed by atoms with Gasteiger partial charge in [-0.3, -0.25) is 0 Å². The summed E-state index contributed by atoms with van der Waals surface area (Å²) in [5.41, 5.74) is 0.620. The predicted octanol–water partition coefficient (Wildman–Crippen LogP) is 3.75. The van der Waals surface area contributed by atoms with Crippen LogP contribution in [-0.2, 0) is 4.74 Å². The van der Waals surface area contributed by atoms with Crippen molar-refractivity contribution in [2.75, 3.05) is 13.7 Å². The molecule has 1 atom stereocenters. The van der Waals surface area contributed by atoms with Gasteiger partial charge < -0.3 is 10.1 Å². The minimum absolute atomic E-state index is 0.108. The fourth-order valence-electron chi connectivity index (χ4n) is 3.77. The van der Waals surface area contributed by atoms with Crippen molar-refractivity contribution in [3.63, 3.8) is 0 Å². The fourth-order valence-corrected chi connectivity index (χ4v) is 3.77. The van der Waals surface area contributed by atoms with Gasteiger partial charge in [0.2, 0.25) is 0 Å². The van der Waals surface area contributed by atoms with Crippen LogP contribution in [0.25, 0.3) is 0 Å². The lowest BCUT2D eigenvalue weighted by Crippen LogP contribution is -2.59. The molecule has 1 N–H and O–H groups in total. The third kappa shape index (κ3) is 2.75. The van der Waals surface area contributed by atoms with Crippen LogP contribution in [0.2, 0.25) is 0 Å². The second kappa shape index (κ2) is 5.50. The summed E-state index contributed by atoms with van der Waals surface area (Å²) in [5.74, 6) is 0.853. The summed E-state index contributed by atoms with van der Waals surface area (Å²) in [5, 5.41) is 3.75. The molecule has 2 rings (SSSR count). The van der Waals surface area contributed by atoms with Gasteiger partial charge in [-0.1, -0.05) is 27.2 Å². The molecule has 0 bridgehead atoms. The van der Waals surface area contributed by atoms with Gasteiger partial charge in [-0.05, 0) is 56.4 Å². The molecule has 2 fully saturated rings. The minimum atomic E-state index is 0.108. The van der Waals surface area contributed by atoms with E-state index in [1.54, 1.807) is 0 Å². The molecule has 0 aliphatic heterocycles. The molecule has 1 unspecified atom stereocenters. The second-order valence-electron chi connectivity index (χ2n) is 7.16. The Morgan fingerprint density at radius 1 is 1.17 bits per heavy atom. The highest BCUT2D eigenvalue weighted by Crippen LogP contribution is 2.47. The Morgan fingerprint density at radius 2 is 1.78 bits per heavy atom. The Bertz CT molecular complexity index is 260. The summed E-state index contributed by atoms with van der Waals surface area (Å²) in [6.45, 7) is 8.09. The predicted molar refractivity (Wildman–Crippen MR) is 76.8 cm³/mol. The summed E-state index contributed by atoms with van der Waals surface area (Å²) >= 11 is 0. The largest absolute Gasteiger partial charge is 0.377 e. The van der Waals surface area contributed by atoms with Crippen molar-refractivity contribution in [1.82, 2.24) is 5.32 Å². The first-order valence-electron chi connectivity index (χ1n) is 7.81. The topological polar surface area (TPSA) is 21.3 Å². The fraction of sp³-hybridized carbons (Fsp3) is 1.00. The number of rotatable bonds is 5. The lowest BCUT2D eigenvalue weighted by Gasteiger charge is -2.51. The van der Waals surface area contributed by atoms with Gasteiger partial charge in [0.05, 0.1) is 5.60 Å². The van der Waals surface area contributed by atoms with Gasteiger partial charge in [0.15, 0.2) is 0 Å². The zero-order valence-electron chi connectivity index (χ0n) is 12.7. The van der Waals surface area contributed by atoms with E-state index < -0.39 is 0 Å². The molecule has 2 aliphatic carbocycles. The molecule has 0 radical (unpaired) electrons. The zero-order valence-corrected chi connectivity index (χ0v) is 12.7. The van der Waals surface area contributed by atoms with Crippen LogP contribution in [0.5, 0.6) is 0 Å². The number of likely N-dealkylation sites (N-methyl/N-ethyl adjacent to an activating group) is 1. The minimum Gasteiger partial charge on any atom is -0.377 e. The van der Waals surface area contributed by atoms with Crippen molar-refractivity contribution in [2.24, 2.45) is 11.3 Å². The highest BCUT2D eigenvalue weighted by Gasteiger charge is 2.47. The average molecular weight is 253 g/mol. The summed E-state index contributed by atoms with van der Waals surface area (Å²) in [6, 6.07) is 0.581. The molecule has 2 nitrogen and oxygen atoms in total. The molecule has 2 aliphatic rings. The molecule has 106 valence electrons. The first-order valence-corrected chi connectivity index (χ1v) is 7.81. The van der Waals surface area contributed by atoms with Crippen LogP contribution in [-0.4, -0.2) is 25.3 Å². The van der Waals surface area contributed by atoms with Gasteiger partial charge in [-0.15, -0.1) is 0 Å². The Balaban J connectivity index is 2.09. The second-order valence-corrected chi connectivity index (χ2v) is 7.16. The van der Waals surface area contributed by atoms with E-state index in [0.29, 0.717) is 11.5 Å². The maximum absolute atomic E-state index is 6.08. The highest BCUT2D eigenvalue weighted by molar-refractivity contribution is 5.02. The van der Waals surface area contributed by atoms with Gasteiger partial charge in [0.1, 0.15) is 0 Å². The van der Waals surface area contributed by atoms with Crippen LogP contribution in [0.1, 0.15) is 65.7 Å². The monoisotopic (exact) mass is 253 g/mol. The molecule has 0 aromatic carbocycles. The van der Waals surface area contributed by atoms with Gasteiger partial charge in [-0.25, -0.2) is 0 Å². The SMILES string of the molecule is CCNC(C1CCC1)C1(OC)CCC(C)(C)CC1. The van der Waals surface area contributed by atoms with Gasteiger partial charge in [0, 0.05) is 13.2 Å². The van der Waals surface area contributed by atoms with Crippen molar-refractivity contribution >= 4 is 0 Å². The molecule has 2 heteroatoms. The number of methoxy groups -OCH3 is 1. The van der Waals surface area contributed by atoms with Crippen LogP contribution in [0.3, 0.4) is 0 Å². The molecule has 18 heavy (non-hydrogen) atoms. The standard InChI is InChI=1S/C16H31NO/c1-5-17-14(13-7-6-8-13)16(18-4)11-9-15(2,3)10-12-16/h13-14,17H,5-12H2,1-4H3. The molecule has 0 amide bonds. The Kier molecular flexibility index (Phi) is 4.38. The Hall–Kier alpha value is -0.0800. The lowest BCUT2D eigenvalue weighted by molar-refractivity contribution is -0.106. The van der Waals surface area contributed by atoms with E-state index in [0.717, 1.165) is 12.5 Å². The molecule has 0 heterocycles. The molecule has 0 aromatic heterocycles. The molecule has 0 aromatic rings. The van der Waals surface area contributed by atoms with Crippen molar-refractivity contribution in [3.8, 4) is 0 Å². The van der Waals surface area contributed by atoms with E-state index in [1.165, 1.54) is 44.9 Å². The smallest absolute Gasteiger partial charge is 0.0834 e. The van der Waals surface area contributed by atoms with Crippen LogP contribution in [0.15, 0.2) is 0 Å². The number of ether oxygens (including phenoxy) is 1. The highest BCUT2D eigenvalue weighted by atomic mass is 16.5. The summed E-state index contributed by atoms with van der Waals surface area (Å²) in [6.07, 6.45) is 9.26. The van der Waals surface area contributed by atoms with Crippen molar-refractivity contribution < 1.29 is 4.74 Å². The summed E-state index contributed by atoms with van der Waals surface area (Å²) < 4.78 is 6.08. The lowest BCUT2D eigenvalue weighted by atomic mass is 9.63. The van der Waals surface area contributed by atoms with E-state index in [1.807, 2.05) is 7.11 Å². The number of hydrogen-bond acceptors (Lipinski definition) is 2. The molecular formula is C16H31NO. The quantitative estimate of drug-likeness (QED) is 0.805. The molecule has 0 saturated heterocycles. The van der Waals surface area contributed by atoms with Gasteiger partial charge in [-0.2, -0.15) is 0 Å². The van der Waals surface area contributed by atoms with Crippen LogP contribution >= 0.6 is 0 Å². The van der Waals surface area contributed by atoms with E-state index in [9.17, 15) is 0 Å². The van der Waals surface area contributed by atoms with Crippen molar-refractivity contribution in [1.29, 1.82) is 0 Å². The van der Waals surface area contributed by atoms with Crippen LogP contribution < -0.4 is 5.32 Å². The first kappa shape index (κ1) is 14.3. The van der Waals surface area contributed by atoms with E-state index in [2.05, 4.69) is 26.1 Å². The van der Waals surface area contributed by atoms with Crippen molar-refractivity contribution in [2.45, 2.75) is 77.4 Å². The maximum atomic E-state index is 6.08. The van der Waals surface area contributed by atoms with E-state index >= 15 is 0 Å².